The zero-order valence-electron chi connectivity index (χ0n) is 14.3. The largest absolute Gasteiger partial charge is 0.309 e. The molecule has 0 N–H and O–H groups in total. The summed E-state index contributed by atoms with van der Waals surface area (Å²) < 4.78 is 3.35. The van der Waals surface area contributed by atoms with Gasteiger partial charge in [-0.2, -0.15) is 9.61 Å². The van der Waals surface area contributed by atoms with Crippen molar-refractivity contribution in [1.82, 2.24) is 29.4 Å². The second-order valence-corrected chi connectivity index (χ2v) is 7.82. The number of aromatic nitrogens is 6. The maximum Gasteiger partial charge on any atom is 0.275 e. The highest BCUT2D eigenvalue weighted by atomic mass is 32.2. The molecular weight excluding hydrogens is 368 g/mol. The first-order valence-electron chi connectivity index (χ1n) is 8.01. The van der Waals surface area contributed by atoms with Gasteiger partial charge in [-0.1, -0.05) is 53.4 Å². The van der Waals surface area contributed by atoms with Gasteiger partial charge in [0, 0.05) is 25.2 Å². The fourth-order valence-corrected chi connectivity index (χ4v) is 4.41. The first-order chi connectivity index (χ1) is 12.6. The van der Waals surface area contributed by atoms with Crippen molar-refractivity contribution < 1.29 is 0 Å². The lowest BCUT2D eigenvalue weighted by molar-refractivity contribution is 0.748. The van der Waals surface area contributed by atoms with Crippen LogP contribution in [-0.4, -0.2) is 29.4 Å². The van der Waals surface area contributed by atoms with E-state index in [1.807, 2.05) is 36.7 Å². The summed E-state index contributed by atoms with van der Waals surface area (Å²) in [7, 11) is 1.97. The van der Waals surface area contributed by atoms with Crippen LogP contribution >= 0.6 is 23.1 Å². The molecule has 132 valence electrons. The molecule has 1 aromatic carbocycles. The third-order valence-corrected chi connectivity index (χ3v) is 5.99. The van der Waals surface area contributed by atoms with E-state index in [-0.39, 0.29) is 5.56 Å². The van der Waals surface area contributed by atoms with E-state index in [9.17, 15) is 4.79 Å². The van der Waals surface area contributed by atoms with E-state index in [0.717, 1.165) is 22.4 Å². The lowest BCUT2D eigenvalue weighted by Crippen LogP contribution is -2.14. The van der Waals surface area contributed by atoms with E-state index in [0.29, 0.717) is 16.4 Å². The first-order valence-corrected chi connectivity index (χ1v) is 9.82. The van der Waals surface area contributed by atoms with Crippen molar-refractivity contribution in [3.05, 3.63) is 68.8 Å². The predicted molar refractivity (Wildman–Crippen MR) is 102 cm³/mol. The molecule has 0 spiro atoms. The first kappa shape index (κ1) is 16.9. The van der Waals surface area contributed by atoms with E-state index in [1.165, 1.54) is 27.5 Å². The van der Waals surface area contributed by atoms with E-state index in [1.54, 1.807) is 11.8 Å². The van der Waals surface area contributed by atoms with Gasteiger partial charge < -0.3 is 4.57 Å². The number of hydrogen-bond donors (Lipinski definition) is 0. The summed E-state index contributed by atoms with van der Waals surface area (Å²) in [6.45, 7) is 1.81. The minimum Gasteiger partial charge on any atom is -0.309 e. The van der Waals surface area contributed by atoms with E-state index in [4.69, 9.17) is 0 Å². The summed E-state index contributed by atoms with van der Waals surface area (Å²) in [5, 5.41) is 14.6. The van der Waals surface area contributed by atoms with Gasteiger partial charge in [0.15, 0.2) is 5.16 Å². The number of nitrogens with zero attached hydrogens (tertiary/aromatic N) is 6. The van der Waals surface area contributed by atoms with Gasteiger partial charge in [-0.15, -0.1) is 10.2 Å². The molecule has 0 saturated carbocycles. The van der Waals surface area contributed by atoms with Crippen LogP contribution in [0.25, 0.3) is 4.96 Å². The molecule has 0 saturated heterocycles. The number of thioether (sulfide) groups is 1. The van der Waals surface area contributed by atoms with E-state index >= 15 is 0 Å². The molecule has 0 aliphatic heterocycles. The van der Waals surface area contributed by atoms with Crippen molar-refractivity contribution in [2.45, 2.75) is 24.3 Å². The molecule has 0 aliphatic rings. The van der Waals surface area contributed by atoms with Gasteiger partial charge in [0.25, 0.3) is 5.56 Å². The van der Waals surface area contributed by atoms with Crippen LogP contribution in [0, 0.1) is 6.92 Å². The Labute approximate surface area is 157 Å². The molecule has 0 aliphatic carbocycles. The summed E-state index contributed by atoms with van der Waals surface area (Å²) in [6.07, 6.45) is 0.741. The molecule has 3 heterocycles. The van der Waals surface area contributed by atoms with Gasteiger partial charge in [0.2, 0.25) is 4.96 Å². The summed E-state index contributed by atoms with van der Waals surface area (Å²) in [5.74, 6) is 1.53. The quantitative estimate of drug-likeness (QED) is 0.492. The average Bonchev–Trinajstić information content (AvgIpc) is 3.18. The number of rotatable bonds is 5. The zero-order chi connectivity index (χ0) is 18.1. The molecule has 9 heteroatoms. The molecule has 26 heavy (non-hydrogen) atoms. The molecule has 4 aromatic rings. The summed E-state index contributed by atoms with van der Waals surface area (Å²) in [5.41, 5.74) is 1.76. The van der Waals surface area contributed by atoms with E-state index < -0.39 is 0 Å². The number of aryl methyl sites for hydroxylation is 1. The minimum absolute atomic E-state index is 0.149. The van der Waals surface area contributed by atoms with Gasteiger partial charge in [-0.3, -0.25) is 4.79 Å². The zero-order valence-corrected chi connectivity index (χ0v) is 15.9. The Morgan fingerprint density at radius 3 is 2.81 bits per heavy atom. The van der Waals surface area contributed by atoms with Crippen molar-refractivity contribution in [2.24, 2.45) is 7.05 Å². The molecule has 0 atom stereocenters. The summed E-state index contributed by atoms with van der Waals surface area (Å²) in [6, 6.07) is 11.7. The van der Waals surface area contributed by atoms with Crippen LogP contribution in [0.5, 0.6) is 0 Å². The lowest BCUT2D eigenvalue weighted by atomic mass is 10.1. The minimum atomic E-state index is -0.149. The molecule has 0 fully saturated rings. The molecule has 4 rings (SSSR count). The number of benzene rings is 1. The highest BCUT2D eigenvalue weighted by molar-refractivity contribution is 7.98. The summed E-state index contributed by atoms with van der Waals surface area (Å²) >= 11 is 2.97. The lowest BCUT2D eigenvalue weighted by Gasteiger charge is -2.03. The van der Waals surface area contributed by atoms with Crippen LogP contribution in [0.4, 0.5) is 0 Å². The molecule has 0 amide bonds. The maximum atomic E-state index is 12.0. The van der Waals surface area contributed by atoms with Crippen LogP contribution in [0.2, 0.25) is 0 Å². The maximum absolute atomic E-state index is 12.0. The second kappa shape index (κ2) is 7.00. The normalized spacial score (nSPS) is 11.3. The van der Waals surface area contributed by atoms with Gasteiger partial charge in [0.05, 0.1) is 5.75 Å². The molecule has 0 bridgehead atoms. The van der Waals surface area contributed by atoms with Gasteiger partial charge in [-0.25, -0.2) is 4.98 Å². The van der Waals surface area contributed by atoms with Crippen molar-refractivity contribution in [3.63, 3.8) is 0 Å². The molecule has 0 radical (unpaired) electrons. The molecule has 7 nitrogen and oxygen atoms in total. The van der Waals surface area contributed by atoms with Gasteiger partial charge in [-0.05, 0) is 12.5 Å². The highest BCUT2D eigenvalue weighted by Crippen LogP contribution is 2.24. The number of fused-ring (bicyclic) bond motifs is 1. The topological polar surface area (TPSA) is 78.0 Å². The van der Waals surface area contributed by atoms with Crippen LogP contribution in [0.3, 0.4) is 0 Å². The standard InChI is InChI=1S/C17H16N6OS2/c1-11-8-15(24)23-16(18-11)26-14(21-23)10-25-17-20-19-13(22(17)2)9-12-6-4-3-5-7-12/h3-8H,9-10H2,1-2H3. The van der Waals surface area contributed by atoms with Crippen LogP contribution in [0.15, 0.2) is 46.3 Å². The van der Waals surface area contributed by atoms with Gasteiger partial charge >= 0.3 is 0 Å². The van der Waals surface area contributed by atoms with Crippen molar-refractivity contribution in [1.29, 1.82) is 0 Å². The fourth-order valence-electron chi connectivity index (χ4n) is 2.55. The Bertz CT molecular complexity index is 1120. The van der Waals surface area contributed by atoms with Crippen LogP contribution < -0.4 is 5.56 Å². The van der Waals surface area contributed by atoms with Crippen LogP contribution in [-0.2, 0) is 19.2 Å². The Balaban J connectivity index is 1.50. The molecule has 3 aromatic heterocycles. The smallest absolute Gasteiger partial charge is 0.275 e. The van der Waals surface area contributed by atoms with E-state index in [2.05, 4.69) is 32.4 Å². The van der Waals surface area contributed by atoms with Crippen molar-refractivity contribution >= 4 is 28.1 Å². The van der Waals surface area contributed by atoms with Crippen LogP contribution in [0.1, 0.15) is 22.1 Å². The SMILES string of the molecule is Cc1cc(=O)n2nc(CSc3nnc(Cc4ccccc4)n3C)sc2n1. The van der Waals surface area contributed by atoms with Crippen molar-refractivity contribution in [2.75, 3.05) is 0 Å². The Morgan fingerprint density at radius 2 is 2.00 bits per heavy atom. The fraction of sp³-hybridized carbons (Fsp3) is 0.235. The average molecular weight is 384 g/mol. The highest BCUT2D eigenvalue weighted by Gasteiger charge is 2.13. The van der Waals surface area contributed by atoms with Crippen molar-refractivity contribution in [3.8, 4) is 0 Å². The second-order valence-electron chi connectivity index (χ2n) is 5.83. The molecule has 0 unspecified atom stereocenters. The number of hydrogen-bond acceptors (Lipinski definition) is 7. The summed E-state index contributed by atoms with van der Waals surface area (Å²) in [4.78, 5) is 16.9. The third kappa shape index (κ3) is 3.40. The Hall–Kier alpha value is -2.52. The monoisotopic (exact) mass is 384 g/mol. The Morgan fingerprint density at radius 1 is 1.19 bits per heavy atom. The Kier molecular flexibility index (Phi) is 4.56. The molecular formula is C17H16N6OS2. The third-order valence-electron chi connectivity index (χ3n) is 3.87. The van der Waals surface area contributed by atoms with Gasteiger partial charge in [0.1, 0.15) is 10.8 Å². The predicted octanol–water partition coefficient (Wildman–Crippen LogP) is 2.47.